The summed E-state index contributed by atoms with van der Waals surface area (Å²) in [5.74, 6) is -1.42. The second-order valence-electron chi connectivity index (χ2n) is 6.70. The van der Waals surface area contributed by atoms with Crippen LogP contribution < -0.4 is 5.32 Å². The van der Waals surface area contributed by atoms with Crippen LogP contribution in [0.15, 0.2) is 59.8 Å². The van der Waals surface area contributed by atoms with Crippen LogP contribution in [0.25, 0.3) is 16.9 Å². The van der Waals surface area contributed by atoms with E-state index in [-0.39, 0.29) is 22.7 Å². The molecule has 0 atom stereocenters. The molecular weight excluding hydrogens is 427 g/mol. The van der Waals surface area contributed by atoms with E-state index in [1.807, 2.05) is 18.4 Å². The molecule has 0 aliphatic heterocycles. The minimum atomic E-state index is -4.68. The molecule has 4 rings (SSSR count). The quantitative estimate of drug-likeness (QED) is 0.444. The lowest BCUT2D eigenvalue weighted by Gasteiger charge is -2.11. The van der Waals surface area contributed by atoms with Gasteiger partial charge in [0.2, 0.25) is 5.82 Å². The van der Waals surface area contributed by atoms with E-state index < -0.39 is 17.9 Å². The molecule has 4 aromatic rings. The van der Waals surface area contributed by atoms with Gasteiger partial charge in [0, 0.05) is 10.5 Å². The molecular formula is C21H16F3N5OS. The van der Waals surface area contributed by atoms with Crippen molar-refractivity contribution in [2.45, 2.75) is 18.0 Å². The van der Waals surface area contributed by atoms with Gasteiger partial charge in [0.15, 0.2) is 11.6 Å². The van der Waals surface area contributed by atoms with Crippen LogP contribution in [0.4, 0.5) is 19.0 Å². The molecule has 0 aliphatic rings. The summed E-state index contributed by atoms with van der Waals surface area (Å²) in [5, 5.41) is 2.59. The van der Waals surface area contributed by atoms with E-state index >= 15 is 0 Å². The lowest BCUT2D eigenvalue weighted by atomic mass is 10.2. The number of fused-ring (bicyclic) bond motifs is 1. The summed E-state index contributed by atoms with van der Waals surface area (Å²) in [6, 6.07) is 11.8. The molecule has 0 saturated carbocycles. The summed E-state index contributed by atoms with van der Waals surface area (Å²) in [6.07, 6.45) is -0.363. The number of nitrogens with one attached hydrogen (secondary N) is 1. The summed E-state index contributed by atoms with van der Waals surface area (Å²) in [4.78, 5) is 25.3. The van der Waals surface area contributed by atoms with Crippen molar-refractivity contribution in [2.75, 3.05) is 11.6 Å². The number of anilines is 1. The van der Waals surface area contributed by atoms with Gasteiger partial charge in [0.05, 0.1) is 23.4 Å². The van der Waals surface area contributed by atoms with E-state index in [0.29, 0.717) is 5.56 Å². The molecule has 0 spiro atoms. The number of halogens is 3. The Balaban J connectivity index is 1.65. The molecule has 0 fully saturated rings. The Morgan fingerprint density at radius 2 is 1.81 bits per heavy atom. The second-order valence-corrected chi connectivity index (χ2v) is 7.58. The van der Waals surface area contributed by atoms with E-state index in [4.69, 9.17) is 0 Å². The van der Waals surface area contributed by atoms with Crippen LogP contribution in [0.1, 0.15) is 21.7 Å². The number of benzene rings is 2. The van der Waals surface area contributed by atoms with Crippen molar-refractivity contribution in [2.24, 2.45) is 0 Å². The highest BCUT2D eigenvalue weighted by atomic mass is 32.2. The van der Waals surface area contributed by atoms with Gasteiger partial charge in [-0.15, -0.1) is 11.8 Å². The van der Waals surface area contributed by atoms with E-state index in [9.17, 15) is 18.0 Å². The molecule has 6 nitrogen and oxygen atoms in total. The summed E-state index contributed by atoms with van der Waals surface area (Å²) in [6.45, 7) is 1.78. The lowest BCUT2D eigenvalue weighted by Crippen LogP contribution is -2.16. The number of imidazole rings is 1. The van der Waals surface area contributed by atoms with Crippen LogP contribution in [-0.2, 0) is 6.18 Å². The van der Waals surface area contributed by atoms with Crippen LogP contribution in [0.5, 0.6) is 0 Å². The maximum Gasteiger partial charge on any atom is 0.450 e. The highest BCUT2D eigenvalue weighted by Crippen LogP contribution is 2.33. The number of rotatable bonds is 4. The number of amides is 1. The van der Waals surface area contributed by atoms with Crippen molar-refractivity contribution in [1.29, 1.82) is 0 Å². The molecule has 1 N–H and O–H groups in total. The predicted molar refractivity (Wildman–Crippen MR) is 113 cm³/mol. The average molecular weight is 443 g/mol. The van der Waals surface area contributed by atoms with E-state index in [0.717, 1.165) is 15.0 Å². The van der Waals surface area contributed by atoms with E-state index in [1.54, 1.807) is 49.0 Å². The van der Waals surface area contributed by atoms with Crippen molar-refractivity contribution in [3.8, 4) is 5.82 Å². The Morgan fingerprint density at radius 3 is 2.42 bits per heavy atom. The van der Waals surface area contributed by atoms with Crippen molar-refractivity contribution in [3.63, 3.8) is 0 Å². The first-order valence-electron chi connectivity index (χ1n) is 9.10. The molecule has 1 amide bonds. The van der Waals surface area contributed by atoms with Crippen molar-refractivity contribution in [3.05, 3.63) is 71.8 Å². The van der Waals surface area contributed by atoms with Crippen LogP contribution in [-0.4, -0.2) is 31.7 Å². The lowest BCUT2D eigenvalue weighted by molar-refractivity contribution is -0.145. The highest BCUT2D eigenvalue weighted by molar-refractivity contribution is 7.98. The molecule has 2 heterocycles. The van der Waals surface area contributed by atoms with Gasteiger partial charge in [-0.05, 0) is 55.1 Å². The van der Waals surface area contributed by atoms with Gasteiger partial charge in [0.1, 0.15) is 0 Å². The fraction of sp³-hybridized carbons (Fsp3) is 0.143. The molecule has 0 saturated heterocycles. The molecule has 0 unspecified atom stereocenters. The first-order valence-corrected chi connectivity index (χ1v) is 10.3. The SMILES string of the molecule is CSc1ccc(C(=O)Nc2cnc(-n3c(C(F)(F)F)nc4cc(C)ccc43)cn2)cc1. The topological polar surface area (TPSA) is 72.7 Å². The summed E-state index contributed by atoms with van der Waals surface area (Å²) >= 11 is 1.56. The Kier molecular flexibility index (Phi) is 5.40. The normalized spacial score (nSPS) is 11.6. The number of carbonyl (C=O) groups is 1. The van der Waals surface area contributed by atoms with E-state index in [2.05, 4.69) is 20.3 Å². The zero-order chi connectivity index (χ0) is 22.2. The van der Waals surface area contributed by atoms with Gasteiger partial charge in [0.25, 0.3) is 5.91 Å². The molecule has 31 heavy (non-hydrogen) atoms. The number of aromatic nitrogens is 4. The minimum Gasteiger partial charge on any atom is -0.305 e. The third-order valence-electron chi connectivity index (χ3n) is 4.52. The second kappa shape index (κ2) is 8.03. The summed E-state index contributed by atoms with van der Waals surface area (Å²) in [5.41, 5.74) is 1.69. The Hall–Kier alpha value is -3.40. The zero-order valence-electron chi connectivity index (χ0n) is 16.4. The monoisotopic (exact) mass is 443 g/mol. The van der Waals surface area contributed by atoms with Gasteiger partial charge >= 0.3 is 6.18 Å². The Morgan fingerprint density at radius 1 is 1.06 bits per heavy atom. The molecule has 158 valence electrons. The number of alkyl halides is 3. The Labute approximate surface area is 179 Å². The van der Waals surface area contributed by atoms with Crippen LogP contribution in [0.2, 0.25) is 0 Å². The highest BCUT2D eigenvalue weighted by Gasteiger charge is 2.38. The first kappa shape index (κ1) is 20.9. The van der Waals surface area contributed by atoms with Gasteiger partial charge in [-0.1, -0.05) is 6.07 Å². The predicted octanol–water partition coefficient (Wildman–Crippen LogP) is 5.12. The zero-order valence-corrected chi connectivity index (χ0v) is 17.3. The molecule has 2 aromatic carbocycles. The fourth-order valence-corrected chi connectivity index (χ4v) is 3.45. The van der Waals surface area contributed by atoms with Crippen molar-refractivity contribution >= 4 is 34.5 Å². The number of nitrogens with zero attached hydrogens (tertiary/aromatic N) is 4. The Bertz CT molecular complexity index is 1250. The van der Waals surface area contributed by atoms with Gasteiger partial charge in [-0.2, -0.15) is 13.2 Å². The molecule has 10 heteroatoms. The number of hydrogen-bond acceptors (Lipinski definition) is 5. The number of carbonyl (C=O) groups excluding carboxylic acids is 1. The first-order chi connectivity index (χ1) is 14.8. The number of aryl methyl sites for hydroxylation is 1. The van der Waals surface area contributed by atoms with Crippen LogP contribution in [0.3, 0.4) is 0 Å². The average Bonchev–Trinajstić information content (AvgIpc) is 3.13. The number of thioether (sulfide) groups is 1. The molecule has 0 aliphatic carbocycles. The third kappa shape index (κ3) is 4.24. The van der Waals surface area contributed by atoms with E-state index in [1.165, 1.54) is 12.4 Å². The fourth-order valence-electron chi connectivity index (χ4n) is 3.04. The van der Waals surface area contributed by atoms with Crippen LogP contribution >= 0.6 is 11.8 Å². The standard InChI is InChI=1S/C21H16F3N5OS/c1-12-3-8-16-15(9-12)27-20(21(22,23)24)29(16)18-11-25-17(10-26-18)28-19(30)13-4-6-14(31-2)7-5-13/h3-11H,1-2H3,(H,25,28,30). The molecule has 0 radical (unpaired) electrons. The van der Waals surface area contributed by atoms with Gasteiger partial charge in [-0.3, -0.25) is 9.36 Å². The van der Waals surface area contributed by atoms with Crippen molar-refractivity contribution in [1.82, 2.24) is 19.5 Å². The summed E-state index contributed by atoms with van der Waals surface area (Å²) in [7, 11) is 0. The minimum absolute atomic E-state index is 0.0546. The van der Waals surface area contributed by atoms with Crippen LogP contribution in [0, 0.1) is 6.92 Å². The molecule has 2 aromatic heterocycles. The largest absolute Gasteiger partial charge is 0.450 e. The van der Waals surface area contributed by atoms with Gasteiger partial charge < -0.3 is 5.32 Å². The smallest absolute Gasteiger partial charge is 0.305 e. The van der Waals surface area contributed by atoms with Crippen molar-refractivity contribution < 1.29 is 18.0 Å². The summed E-state index contributed by atoms with van der Waals surface area (Å²) < 4.78 is 41.6. The van der Waals surface area contributed by atoms with Gasteiger partial charge in [-0.25, -0.2) is 15.0 Å². The third-order valence-corrected chi connectivity index (χ3v) is 5.27. The number of hydrogen-bond donors (Lipinski definition) is 1. The maximum absolute atomic E-state index is 13.6. The molecule has 0 bridgehead atoms. The maximum atomic E-state index is 13.6.